The Kier molecular flexibility index (Phi) is 68.5. The molecule has 0 heterocycles. The van der Waals surface area contributed by atoms with Gasteiger partial charge in [0.25, 0.3) is 0 Å². The SMILES string of the molecule is F[C-](F)F.F[C-](F)F.F[C-](F)F.F[C-](F)F.F[C-](F)F.F[C-](F)F.[W]. The zero-order valence-electron chi connectivity index (χ0n) is 10.2. The predicted molar refractivity (Wildman–Crippen MR) is 39.4 cm³/mol. The summed E-state index contributed by atoms with van der Waals surface area (Å²) < 4.78 is 173. The molecule has 0 aromatic carbocycles. The first-order valence-corrected chi connectivity index (χ1v) is 3.40. The molecule has 0 atom stereocenters. The second-order valence-corrected chi connectivity index (χ2v) is 1.29. The van der Waals surface area contributed by atoms with Crippen molar-refractivity contribution in [3.05, 3.63) is 40.1 Å². The van der Waals surface area contributed by atoms with Crippen LogP contribution in [-0.4, -0.2) is 0 Å². The van der Waals surface area contributed by atoms with Crippen LogP contribution in [0.25, 0.3) is 0 Å². The van der Waals surface area contributed by atoms with Crippen LogP contribution >= 0.6 is 0 Å². The van der Waals surface area contributed by atoms with Gasteiger partial charge in [-0.05, 0) is 0 Å². The van der Waals surface area contributed by atoms with E-state index in [0.29, 0.717) is 0 Å². The molecule has 25 heavy (non-hydrogen) atoms. The van der Waals surface area contributed by atoms with Gasteiger partial charge in [-0.1, -0.05) is 0 Å². The largest absolute Gasteiger partial charge is 0.385 e. The first-order chi connectivity index (χ1) is 10.4. The van der Waals surface area contributed by atoms with E-state index in [1.165, 1.54) is 0 Å². The van der Waals surface area contributed by atoms with Crippen LogP contribution < -0.4 is 0 Å². The second kappa shape index (κ2) is 38.8. The van der Waals surface area contributed by atoms with E-state index >= 15 is 0 Å². The van der Waals surface area contributed by atoms with E-state index in [2.05, 4.69) is 0 Å². The fourth-order valence-electron chi connectivity index (χ4n) is 0. The van der Waals surface area contributed by atoms with Gasteiger partial charge in [-0.2, -0.15) is 0 Å². The zero-order chi connectivity index (χ0) is 21.5. The van der Waals surface area contributed by atoms with Crippen molar-refractivity contribution in [1.82, 2.24) is 0 Å². The molecule has 0 bridgehead atoms. The average molecular weight is 598 g/mol. The molecule has 0 spiro atoms. The van der Waals surface area contributed by atoms with Crippen molar-refractivity contribution in [1.29, 1.82) is 0 Å². The van der Waals surface area contributed by atoms with Gasteiger partial charge in [0.1, 0.15) is 0 Å². The fourth-order valence-corrected chi connectivity index (χ4v) is 0. The summed E-state index contributed by atoms with van der Waals surface area (Å²) in [4.78, 5) is 0. The van der Waals surface area contributed by atoms with Gasteiger partial charge in [0.2, 0.25) is 0 Å². The van der Waals surface area contributed by atoms with Crippen LogP contribution in [0.3, 0.4) is 0 Å². The van der Waals surface area contributed by atoms with E-state index in [-0.39, 0.29) is 21.1 Å². The summed E-state index contributed by atoms with van der Waals surface area (Å²) in [5.41, 5.74) is 0. The minimum absolute atomic E-state index is 0. The molecule has 0 unspecified atom stereocenters. The summed E-state index contributed by atoms with van der Waals surface area (Å²) in [7, 11) is 0. The van der Waals surface area contributed by atoms with E-state index in [1.807, 2.05) is 0 Å². The Morgan fingerprint density at radius 2 is 0.200 bits per heavy atom. The van der Waals surface area contributed by atoms with E-state index < -0.39 is 40.1 Å². The Hall–Kier alpha value is -0.572. The first-order valence-electron chi connectivity index (χ1n) is 3.40. The van der Waals surface area contributed by atoms with Crippen LogP contribution in [0.15, 0.2) is 0 Å². The normalized spacial score (nSPS) is 8.64. The molecule has 19 heteroatoms. The molecular formula is C6F18W-6. The maximum absolute atomic E-state index is 9.58. The summed E-state index contributed by atoms with van der Waals surface area (Å²) in [6.07, 6.45) is 0. The van der Waals surface area contributed by atoms with Crippen molar-refractivity contribution in [2.45, 2.75) is 0 Å². The van der Waals surface area contributed by atoms with Gasteiger partial charge in [0, 0.05) is 21.1 Å². The summed E-state index contributed by atoms with van der Waals surface area (Å²) in [5, 5.41) is 0. The Balaban J connectivity index is -0.0000000309. The Labute approximate surface area is 141 Å². The van der Waals surface area contributed by atoms with Gasteiger partial charge in [-0.25, -0.2) is 0 Å². The number of hydrogen-bond acceptors (Lipinski definition) is 0. The molecule has 0 N–H and O–H groups in total. The van der Waals surface area contributed by atoms with Crippen LogP contribution in [0.2, 0.25) is 0 Å². The molecule has 0 nitrogen and oxygen atoms in total. The van der Waals surface area contributed by atoms with E-state index in [0.717, 1.165) is 0 Å². The summed E-state index contributed by atoms with van der Waals surface area (Å²) in [5.74, 6) is 0. The first kappa shape index (κ1) is 44.1. The molecule has 0 radical (unpaired) electrons. The maximum Gasteiger partial charge on any atom is 0.154 e. The van der Waals surface area contributed by atoms with Crippen LogP contribution in [0.1, 0.15) is 0 Å². The van der Waals surface area contributed by atoms with E-state index in [9.17, 15) is 79.0 Å². The maximum atomic E-state index is 9.58. The molecule has 0 aliphatic heterocycles. The standard InChI is InChI=1S/6CF3.W/c6*2-1(3)4;/q6*-1;. The van der Waals surface area contributed by atoms with Crippen molar-refractivity contribution in [2.24, 2.45) is 0 Å². The quantitative estimate of drug-likeness (QED) is 0.196. The third-order valence-corrected chi connectivity index (χ3v) is 0. The van der Waals surface area contributed by atoms with Crippen LogP contribution in [0.5, 0.6) is 0 Å². The Morgan fingerprint density at radius 3 is 0.200 bits per heavy atom. The fraction of sp³-hybridized carbons (Fsp3) is 0. The summed E-state index contributed by atoms with van der Waals surface area (Å²) in [6, 6.07) is 0. The minimum atomic E-state index is -3.08. The summed E-state index contributed by atoms with van der Waals surface area (Å²) in [6.45, 7) is -18.5. The topological polar surface area (TPSA) is 0 Å². The number of halogens is 18. The van der Waals surface area contributed by atoms with Crippen molar-refractivity contribution in [3.63, 3.8) is 0 Å². The zero-order valence-corrected chi connectivity index (χ0v) is 13.1. The van der Waals surface area contributed by atoms with Crippen molar-refractivity contribution >= 4 is 0 Å². The molecule has 0 saturated heterocycles. The Bertz CT molecular complexity index is 101. The van der Waals surface area contributed by atoms with Crippen LogP contribution in [0.4, 0.5) is 79.0 Å². The average Bonchev–Trinajstić information content (AvgIpc) is 2.08. The number of rotatable bonds is 0. The molecule has 0 aliphatic rings. The summed E-state index contributed by atoms with van der Waals surface area (Å²) >= 11 is 0. The smallest absolute Gasteiger partial charge is 0.154 e. The minimum Gasteiger partial charge on any atom is -0.385 e. The molecule has 0 rings (SSSR count). The third-order valence-electron chi connectivity index (χ3n) is 0. The molecule has 0 amide bonds. The molecule has 0 fully saturated rings. The third kappa shape index (κ3) is 32900. The van der Waals surface area contributed by atoms with Crippen molar-refractivity contribution in [3.8, 4) is 0 Å². The monoisotopic (exact) mass is 598 g/mol. The van der Waals surface area contributed by atoms with Crippen molar-refractivity contribution < 1.29 is 100 Å². The molecule has 162 valence electrons. The van der Waals surface area contributed by atoms with Gasteiger partial charge in [-0.3, -0.25) is 0 Å². The second-order valence-electron chi connectivity index (χ2n) is 1.29. The predicted octanol–water partition coefficient (Wildman–Crippen LogP) is 8.05. The van der Waals surface area contributed by atoms with E-state index in [4.69, 9.17) is 0 Å². The van der Waals surface area contributed by atoms with Crippen LogP contribution in [0, 0.1) is 40.1 Å². The van der Waals surface area contributed by atoms with Gasteiger partial charge in [0.05, 0.1) is 0 Å². The van der Waals surface area contributed by atoms with Gasteiger partial charge >= 0.3 is 0 Å². The van der Waals surface area contributed by atoms with Gasteiger partial charge in [0.15, 0.2) is 40.1 Å². The van der Waals surface area contributed by atoms with Gasteiger partial charge in [-0.15, -0.1) is 0 Å². The Morgan fingerprint density at radius 1 is 0.200 bits per heavy atom. The molecule has 0 aromatic heterocycles. The van der Waals surface area contributed by atoms with Crippen LogP contribution in [-0.2, 0) is 21.1 Å². The van der Waals surface area contributed by atoms with Crippen molar-refractivity contribution in [2.75, 3.05) is 0 Å². The van der Waals surface area contributed by atoms with E-state index in [1.54, 1.807) is 0 Å². The molecular weight excluding hydrogens is 598 g/mol. The molecule has 0 aliphatic carbocycles. The number of hydrogen-bond donors (Lipinski definition) is 0. The molecule has 0 aromatic rings. The molecule has 0 saturated carbocycles. The van der Waals surface area contributed by atoms with Gasteiger partial charge < -0.3 is 79.0 Å².